The number of benzene rings is 1. The number of nitrogens with one attached hydrogen (secondary N) is 1. The van der Waals surface area contributed by atoms with Gasteiger partial charge >= 0.3 is 0 Å². The van der Waals surface area contributed by atoms with E-state index < -0.39 is 0 Å². The molecule has 21 heavy (non-hydrogen) atoms. The average Bonchev–Trinajstić information content (AvgIpc) is 2.98. The number of fused-ring (bicyclic) bond motifs is 1. The Balaban J connectivity index is 1.78. The lowest BCUT2D eigenvalue weighted by Gasteiger charge is -2.17. The predicted octanol–water partition coefficient (Wildman–Crippen LogP) is 3.04. The van der Waals surface area contributed by atoms with Crippen LogP contribution in [0.25, 0.3) is 5.57 Å². The molecule has 1 saturated heterocycles. The normalized spacial score (nSPS) is 31.6. The summed E-state index contributed by atoms with van der Waals surface area (Å²) in [5.41, 5.74) is 6.31. The van der Waals surface area contributed by atoms with Crippen molar-refractivity contribution in [2.24, 2.45) is 11.7 Å². The Morgan fingerprint density at radius 1 is 1.52 bits per heavy atom. The molecule has 3 rings (SSSR count). The van der Waals surface area contributed by atoms with E-state index in [9.17, 15) is 9.18 Å². The molecule has 1 heterocycles. The largest absolute Gasteiger partial charge is 0.368 e. The number of carbonyl (C=O) groups is 1. The van der Waals surface area contributed by atoms with E-state index in [1.807, 2.05) is 18.2 Å². The molecule has 3 nitrogen and oxygen atoms in total. The molecule has 0 spiro atoms. The van der Waals surface area contributed by atoms with Gasteiger partial charge in [0, 0.05) is 17.0 Å². The van der Waals surface area contributed by atoms with Gasteiger partial charge < -0.3 is 5.73 Å². The molecule has 2 aliphatic rings. The van der Waals surface area contributed by atoms with Crippen LogP contribution in [0.2, 0.25) is 5.02 Å². The zero-order chi connectivity index (χ0) is 15.2. The van der Waals surface area contributed by atoms with Gasteiger partial charge in [0.1, 0.15) is 5.83 Å². The molecule has 0 aromatic heterocycles. The van der Waals surface area contributed by atoms with Gasteiger partial charge in [0.15, 0.2) is 0 Å². The van der Waals surface area contributed by atoms with E-state index in [-0.39, 0.29) is 23.3 Å². The Labute approximate surface area is 128 Å². The molecule has 5 heteroatoms. The minimum absolute atomic E-state index is 0.178. The smallest absolute Gasteiger partial charge is 0.234 e. The van der Waals surface area contributed by atoms with Gasteiger partial charge in [-0.05, 0) is 42.9 Å². The molecule has 0 radical (unpaired) electrons. The number of allylic oxidation sites excluding steroid dienone is 1. The Morgan fingerprint density at radius 2 is 2.24 bits per heavy atom. The Kier molecular flexibility index (Phi) is 3.54. The standard InChI is InChI=1S/C16H18ClFN2O/c1-9(11-4-2-3-5-12(11)17)13(18)8-16-7-10(16)6-14(20-16)15(19)21/h2-5,10,14,20H,6-8H2,1H3,(H2,19,21)/b13-9-. The summed E-state index contributed by atoms with van der Waals surface area (Å²) in [5.74, 6) is -0.184. The van der Waals surface area contributed by atoms with Crippen molar-refractivity contribution in [3.63, 3.8) is 0 Å². The van der Waals surface area contributed by atoms with Crippen molar-refractivity contribution in [2.45, 2.75) is 37.8 Å². The van der Waals surface area contributed by atoms with Crippen molar-refractivity contribution in [1.29, 1.82) is 0 Å². The first-order valence-corrected chi connectivity index (χ1v) is 7.48. The Bertz CT molecular complexity index is 630. The first kappa shape index (κ1) is 14.5. The van der Waals surface area contributed by atoms with Gasteiger partial charge in [0.25, 0.3) is 0 Å². The minimum atomic E-state index is -0.353. The summed E-state index contributed by atoms with van der Waals surface area (Å²) in [7, 11) is 0. The number of piperidine rings is 1. The summed E-state index contributed by atoms with van der Waals surface area (Å²) >= 11 is 6.11. The molecular weight excluding hydrogens is 291 g/mol. The van der Waals surface area contributed by atoms with E-state index in [2.05, 4.69) is 5.32 Å². The number of carbonyl (C=O) groups excluding carboxylic acids is 1. The van der Waals surface area contributed by atoms with Gasteiger partial charge in [0.05, 0.1) is 6.04 Å². The Hall–Kier alpha value is -1.39. The summed E-state index contributed by atoms with van der Waals surface area (Å²) in [4.78, 5) is 11.2. The fourth-order valence-electron chi connectivity index (χ4n) is 3.33. The van der Waals surface area contributed by atoms with Crippen LogP contribution in [-0.4, -0.2) is 17.5 Å². The average molecular weight is 309 g/mol. The van der Waals surface area contributed by atoms with Gasteiger partial charge in [-0.1, -0.05) is 29.8 Å². The summed E-state index contributed by atoms with van der Waals surface area (Å²) in [6, 6.07) is 6.91. The van der Waals surface area contributed by atoms with Crippen LogP contribution in [0.1, 0.15) is 31.7 Å². The van der Waals surface area contributed by atoms with Gasteiger partial charge in [0.2, 0.25) is 5.91 Å². The number of halogens is 2. The number of hydrogen-bond acceptors (Lipinski definition) is 2. The third-order valence-corrected chi connectivity index (χ3v) is 5.04. The van der Waals surface area contributed by atoms with Crippen molar-refractivity contribution in [3.05, 3.63) is 40.7 Å². The fraction of sp³-hybridized carbons (Fsp3) is 0.438. The Morgan fingerprint density at radius 3 is 2.86 bits per heavy atom. The van der Waals surface area contributed by atoms with E-state index in [0.717, 1.165) is 12.0 Å². The maximum atomic E-state index is 14.6. The first-order valence-electron chi connectivity index (χ1n) is 7.10. The minimum Gasteiger partial charge on any atom is -0.368 e. The van der Waals surface area contributed by atoms with E-state index in [4.69, 9.17) is 17.3 Å². The third-order valence-electron chi connectivity index (χ3n) is 4.71. The topological polar surface area (TPSA) is 55.1 Å². The third kappa shape index (κ3) is 2.58. The van der Waals surface area contributed by atoms with Crippen LogP contribution >= 0.6 is 11.6 Å². The van der Waals surface area contributed by atoms with Crippen LogP contribution in [0.4, 0.5) is 4.39 Å². The summed E-state index contributed by atoms with van der Waals surface area (Å²) in [5, 5.41) is 3.76. The first-order chi connectivity index (χ1) is 9.93. The number of nitrogens with two attached hydrogens (primary N) is 1. The highest BCUT2D eigenvalue weighted by molar-refractivity contribution is 6.32. The van der Waals surface area contributed by atoms with Gasteiger partial charge in [-0.25, -0.2) is 4.39 Å². The highest BCUT2D eigenvalue weighted by Crippen LogP contribution is 2.55. The lowest BCUT2D eigenvalue weighted by Crippen LogP contribution is -2.43. The zero-order valence-corrected chi connectivity index (χ0v) is 12.6. The van der Waals surface area contributed by atoms with Crippen LogP contribution in [0.15, 0.2) is 30.1 Å². The maximum absolute atomic E-state index is 14.6. The molecule has 3 unspecified atom stereocenters. The molecule has 3 N–H and O–H groups in total. The van der Waals surface area contributed by atoms with Gasteiger partial charge in [-0.2, -0.15) is 0 Å². The molecule has 1 aromatic carbocycles. The quantitative estimate of drug-likeness (QED) is 0.898. The van der Waals surface area contributed by atoms with Crippen LogP contribution in [0.3, 0.4) is 0 Å². The van der Waals surface area contributed by atoms with E-state index in [1.54, 1.807) is 13.0 Å². The zero-order valence-electron chi connectivity index (χ0n) is 11.8. The lowest BCUT2D eigenvalue weighted by molar-refractivity contribution is -0.120. The van der Waals surface area contributed by atoms with E-state index in [0.29, 0.717) is 29.4 Å². The van der Waals surface area contributed by atoms with Crippen LogP contribution in [0.5, 0.6) is 0 Å². The number of primary amides is 1. The molecule has 3 atom stereocenters. The van der Waals surface area contributed by atoms with Crippen LogP contribution in [0, 0.1) is 5.92 Å². The number of amides is 1. The van der Waals surface area contributed by atoms with Crippen molar-refractivity contribution >= 4 is 23.1 Å². The predicted molar refractivity (Wildman–Crippen MR) is 81.3 cm³/mol. The van der Waals surface area contributed by atoms with E-state index >= 15 is 0 Å². The van der Waals surface area contributed by atoms with Crippen molar-refractivity contribution in [2.75, 3.05) is 0 Å². The fourth-order valence-corrected chi connectivity index (χ4v) is 3.61. The molecule has 1 saturated carbocycles. The van der Waals surface area contributed by atoms with Gasteiger partial charge in [-0.15, -0.1) is 0 Å². The second-order valence-corrected chi connectivity index (χ2v) is 6.49. The number of hydrogen-bond donors (Lipinski definition) is 2. The summed E-state index contributed by atoms with van der Waals surface area (Å²) < 4.78 is 14.6. The SMILES string of the molecule is C/C(=C(/F)CC12CC1CC(C(N)=O)N2)c1ccccc1Cl. The molecule has 1 aliphatic carbocycles. The van der Waals surface area contributed by atoms with Gasteiger partial charge in [-0.3, -0.25) is 10.1 Å². The van der Waals surface area contributed by atoms with E-state index in [1.165, 1.54) is 0 Å². The molecular formula is C16H18ClFN2O. The second-order valence-electron chi connectivity index (χ2n) is 6.08. The monoisotopic (exact) mass is 308 g/mol. The maximum Gasteiger partial charge on any atom is 0.234 e. The van der Waals surface area contributed by atoms with Crippen molar-refractivity contribution < 1.29 is 9.18 Å². The van der Waals surface area contributed by atoms with Crippen molar-refractivity contribution in [1.82, 2.24) is 5.32 Å². The summed E-state index contributed by atoms with van der Waals surface area (Å²) in [6.07, 6.45) is 1.91. The second kappa shape index (κ2) is 5.11. The molecule has 0 bridgehead atoms. The molecule has 2 fully saturated rings. The highest BCUT2D eigenvalue weighted by atomic mass is 35.5. The van der Waals surface area contributed by atoms with Crippen LogP contribution in [-0.2, 0) is 4.79 Å². The van der Waals surface area contributed by atoms with Crippen LogP contribution < -0.4 is 11.1 Å². The molecule has 1 amide bonds. The molecule has 1 aliphatic heterocycles. The molecule has 112 valence electrons. The van der Waals surface area contributed by atoms with Crippen molar-refractivity contribution in [3.8, 4) is 0 Å². The highest BCUT2D eigenvalue weighted by Gasteiger charge is 2.61. The lowest BCUT2D eigenvalue weighted by atomic mass is 10.0. The number of rotatable bonds is 4. The summed E-state index contributed by atoms with van der Waals surface area (Å²) in [6.45, 7) is 1.74. The molecule has 1 aromatic rings.